The minimum Gasteiger partial charge on any atom is -0.357 e. The van der Waals surface area contributed by atoms with E-state index < -0.39 is 0 Å². The van der Waals surface area contributed by atoms with Gasteiger partial charge in [0, 0.05) is 27.9 Å². The molecule has 3 aromatic carbocycles. The highest BCUT2D eigenvalue weighted by atomic mass is 35.5. The van der Waals surface area contributed by atoms with Crippen LogP contribution in [0.5, 0.6) is 0 Å². The molecule has 0 radical (unpaired) electrons. The number of amides is 2. The van der Waals surface area contributed by atoms with E-state index in [1.54, 1.807) is 36.4 Å². The summed E-state index contributed by atoms with van der Waals surface area (Å²) in [6.07, 6.45) is 5.77. The third-order valence-corrected chi connectivity index (χ3v) is 7.03. The molecule has 2 amide bonds. The summed E-state index contributed by atoms with van der Waals surface area (Å²) in [4.78, 5) is 25.5. The molecule has 0 aliphatic carbocycles. The van der Waals surface area contributed by atoms with Crippen molar-refractivity contribution in [1.82, 2.24) is 5.32 Å². The number of halogens is 1. The van der Waals surface area contributed by atoms with Crippen molar-refractivity contribution >= 4 is 46.6 Å². The molecule has 1 aliphatic heterocycles. The smallest absolute Gasteiger partial charge is 0.255 e. The number of aryl methyl sites for hydroxylation is 1. The van der Waals surface area contributed by atoms with Gasteiger partial charge in [-0.3, -0.25) is 9.59 Å². The van der Waals surface area contributed by atoms with Crippen LogP contribution in [0, 0.1) is 25.2 Å². The van der Waals surface area contributed by atoms with E-state index in [0.717, 1.165) is 27.4 Å². The Kier molecular flexibility index (Phi) is 8.34. The highest BCUT2D eigenvalue weighted by Crippen LogP contribution is 2.31. The molecular formula is C29H25ClN4O2S. The number of nitrogens with zero attached hydrogens (tertiary/aromatic N) is 1. The molecule has 0 saturated heterocycles. The third-order valence-electron chi connectivity index (χ3n) is 5.80. The van der Waals surface area contributed by atoms with Crippen LogP contribution < -0.4 is 16.0 Å². The van der Waals surface area contributed by atoms with Crippen LogP contribution in [-0.2, 0) is 4.79 Å². The van der Waals surface area contributed by atoms with Gasteiger partial charge in [-0.2, -0.15) is 5.26 Å². The fourth-order valence-electron chi connectivity index (χ4n) is 3.96. The third kappa shape index (κ3) is 6.82. The number of hydrogen-bond donors (Lipinski definition) is 3. The van der Waals surface area contributed by atoms with Gasteiger partial charge >= 0.3 is 0 Å². The second-order valence-corrected chi connectivity index (χ2v) is 10.0. The van der Waals surface area contributed by atoms with E-state index in [1.807, 2.05) is 56.5 Å². The zero-order valence-electron chi connectivity index (χ0n) is 20.3. The van der Waals surface area contributed by atoms with Crippen molar-refractivity contribution < 1.29 is 9.59 Å². The molecule has 8 heteroatoms. The lowest BCUT2D eigenvalue weighted by Gasteiger charge is -2.21. The van der Waals surface area contributed by atoms with Gasteiger partial charge in [-0.25, -0.2) is 0 Å². The van der Waals surface area contributed by atoms with E-state index in [-0.39, 0.29) is 23.5 Å². The number of hydrogen-bond acceptors (Lipinski definition) is 5. The molecule has 1 aliphatic rings. The van der Waals surface area contributed by atoms with Gasteiger partial charge in [0.1, 0.15) is 0 Å². The lowest BCUT2D eigenvalue weighted by atomic mass is 9.89. The maximum Gasteiger partial charge on any atom is 0.255 e. The zero-order chi connectivity index (χ0) is 26.4. The van der Waals surface area contributed by atoms with Gasteiger partial charge in [-0.15, -0.1) is 0 Å². The Morgan fingerprint density at radius 2 is 1.84 bits per heavy atom. The molecule has 186 valence electrons. The lowest BCUT2D eigenvalue weighted by Crippen LogP contribution is -2.18. The number of dihydropyridines is 1. The van der Waals surface area contributed by atoms with Crippen LogP contribution in [0.1, 0.15) is 38.5 Å². The Balaban J connectivity index is 1.50. The average molecular weight is 529 g/mol. The van der Waals surface area contributed by atoms with Crippen LogP contribution in [0.15, 0.2) is 84.0 Å². The fourth-order valence-corrected chi connectivity index (χ4v) is 4.84. The van der Waals surface area contributed by atoms with Crippen LogP contribution in [-0.4, -0.2) is 17.6 Å². The van der Waals surface area contributed by atoms with Crippen LogP contribution in [0.3, 0.4) is 0 Å². The van der Waals surface area contributed by atoms with E-state index in [0.29, 0.717) is 21.8 Å². The van der Waals surface area contributed by atoms with Gasteiger partial charge in [0.05, 0.1) is 22.4 Å². The number of rotatable bonds is 7. The van der Waals surface area contributed by atoms with E-state index in [9.17, 15) is 14.9 Å². The molecule has 37 heavy (non-hydrogen) atoms. The summed E-state index contributed by atoms with van der Waals surface area (Å²) in [6, 6.07) is 20.1. The standard InChI is InChI=1S/C29H25ClN4O2S/c1-18-4-3-5-24(12-18)33-27(35)17-37-28-15-21(10-11-32-28)25-13-20(16-31)14-26(19(25)2)29(36)34-23-8-6-22(30)7-9-23/h3-15,21,32H,17H2,1-2H3,(H,33,35)(H,34,36). The van der Waals surface area contributed by atoms with Gasteiger partial charge in [-0.05, 0) is 91.3 Å². The number of nitrogens with one attached hydrogen (secondary N) is 3. The summed E-state index contributed by atoms with van der Waals surface area (Å²) in [5.74, 6) is -0.339. The number of nitriles is 1. The minimum absolute atomic E-state index is 0.104. The normalized spacial score (nSPS) is 14.2. The molecule has 0 saturated carbocycles. The summed E-state index contributed by atoms with van der Waals surface area (Å²) >= 11 is 7.33. The first-order valence-corrected chi connectivity index (χ1v) is 12.9. The second kappa shape index (κ2) is 11.8. The van der Waals surface area contributed by atoms with Gasteiger partial charge in [-0.1, -0.05) is 41.6 Å². The molecule has 3 aromatic rings. The molecule has 0 bridgehead atoms. The van der Waals surface area contributed by atoms with E-state index in [4.69, 9.17) is 11.6 Å². The van der Waals surface area contributed by atoms with E-state index in [2.05, 4.69) is 22.0 Å². The van der Waals surface area contributed by atoms with Crippen LogP contribution in [0.2, 0.25) is 5.02 Å². The molecule has 0 fully saturated rings. The molecule has 0 aromatic heterocycles. The Labute approximate surface area is 225 Å². The van der Waals surface area contributed by atoms with Crippen molar-refractivity contribution in [2.24, 2.45) is 0 Å². The summed E-state index contributed by atoms with van der Waals surface area (Å²) in [7, 11) is 0. The number of carbonyl (C=O) groups is 2. The molecule has 0 spiro atoms. The van der Waals surface area contributed by atoms with Gasteiger partial charge in [0.2, 0.25) is 5.91 Å². The highest BCUT2D eigenvalue weighted by molar-refractivity contribution is 8.03. The van der Waals surface area contributed by atoms with Crippen molar-refractivity contribution in [2.75, 3.05) is 16.4 Å². The molecular weight excluding hydrogens is 504 g/mol. The number of thioether (sulfide) groups is 1. The predicted molar refractivity (Wildman–Crippen MR) is 151 cm³/mol. The van der Waals surface area contributed by atoms with Crippen molar-refractivity contribution in [3.63, 3.8) is 0 Å². The molecule has 1 unspecified atom stereocenters. The summed E-state index contributed by atoms with van der Waals surface area (Å²) in [5.41, 5.74) is 4.90. The van der Waals surface area contributed by atoms with Crippen molar-refractivity contribution in [3.05, 3.63) is 117 Å². The topological polar surface area (TPSA) is 94.0 Å². The van der Waals surface area contributed by atoms with Crippen molar-refractivity contribution in [2.45, 2.75) is 19.8 Å². The average Bonchev–Trinajstić information content (AvgIpc) is 2.89. The molecule has 1 atom stereocenters. The van der Waals surface area contributed by atoms with Gasteiger partial charge in [0.15, 0.2) is 0 Å². The van der Waals surface area contributed by atoms with Crippen LogP contribution in [0.4, 0.5) is 11.4 Å². The summed E-state index contributed by atoms with van der Waals surface area (Å²) < 4.78 is 0. The summed E-state index contributed by atoms with van der Waals surface area (Å²) in [5, 5.41) is 20.0. The van der Waals surface area contributed by atoms with Crippen molar-refractivity contribution in [3.8, 4) is 6.07 Å². The number of benzene rings is 3. The van der Waals surface area contributed by atoms with Crippen molar-refractivity contribution in [1.29, 1.82) is 5.26 Å². The maximum absolute atomic E-state index is 13.1. The van der Waals surface area contributed by atoms with Crippen LogP contribution in [0.25, 0.3) is 0 Å². The monoisotopic (exact) mass is 528 g/mol. The Morgan fingerprint density at radius 3 is 2.57 bits per heavy atom. The minimum atomic E-state index is -0.303. The largest absolute Gasteiger partial charge is 0.357 e. The highest BCUT2D eigenvalue weighted by Gasteiger charge is 2.20. The summed E-state index contributed by atoms with van der Waals surface area (Å²) in [6.45, 7) is 3.85. The van der Waals surface area contributed by atoms with E-state index >= 15 is 0 Å². The second-order valence-electron chi connectivity index (χ2n) is 8.58. The molecule has 1 heterocycles. The first-order chi connectivity index (χ1) is 17.8. The Bertz CT molecular complexity index is 1440. The number of allylic oxidation sites excluding steroid dienone is 2. The first-order valence-electron chi connectivity index (χ1n) is 11.6. The number of carbonyl (C=O) groups excluding carboxylic acids is 2. The SMILES string of the molecule is Cc1cccc(NC(=O)CSC2=CC(c3cc(C#N)cc(C(=O)Nc4ccc(Cl)cc4)c3C)C=CN2)c1. The Morgan fingerprint density at radius 1 is 1.05 bits per heavy atom. The lowest BCUT2D eigenvalue weighted by molar-refractivity contribution is -0.113. The Hall–Kier alpha value is -3.99. The quantitative estimate of drug-likeness (QED) is 0.325. The van der Waals surface area contributed by atoms with E-state index in [1.165, 1.54) is 11.8 Å². The number of anilines is 2. The fraction of sp³-hybridized carbons (Fsp3) is 0.138. The maximum atomic E-state index is 13.1. The van der Waals surface area contributed by atoms with Gasteiger partial charge < -0.3 is 16.0 Å². The molecule has 3 N–H and O–H groups in total. The molecule has 4 rings (SSSR count). The molecule has 6 nitrogen and oxygen atoms in total. The van der Waals surface area contributed by atoms with Crippen LogP contribution >= 0.6 is 23.4 Å². The predicted octanol–water partition coefficient (Wildman–Crippen LogP) is 6.49. The van der Waals surface area contributed by atoms with Gasteiger partial charge in [0.25, 0.3) is 5.91 Å². The zero-order valence-corrected chi connectivity index (χ0v) is 21.9. The first kappa shape index (κ1) is 26.1.